The van der Waals surface area contributed by atoms with Crippen molar-refractivity contribution in [1.82, 2.24) is 0 Å². The van der Waals surface area contributed by atoms with Gasteiger partial charge in [-0.1, -0.05) is 40.2 Å². The normalized spacial score (nSPS) is 25.3. The highest BCUT2D eigenvalue weighted by atomic mass is 79.9. The molecule has 2 nitrogen and oxygen atoms in total. The summed E-state index contributed by atoms with van der Waals surface area (Å²) in [5, 5.41) is 0. The summed E-state index contributed by atoms with van der Waals surface area (Å²) in [6.07, 6.45) is 0.808. The highest BCUT2D eigenvalue weighted by molar-refractivity contribution is 9.09. The third kappa shape index (κ3) is 1.48. The van der Waals surface area contributed by atoms with Crippen molar-refractivity contribution >= 4 is 22.4 Å². The summed E-state index contributed by atoms with van der Waals surface area (Å²) in [5.74, 6) is 0. The predicted octanol–water partition coefficient (Wildman–Crippen LogP) is 2.22. The Hall–Kier alpha value is -0.830. The quantitative estimate of drug-likeness (QED) is 0.586. The minimum atomic E-state index is -0.117. The Bertz CT molecular complexity index is 324. The SMILES string of the molecule is O=COC1c2ccccc2CC1Br. The van der Waals surface area contributed by atoms with Gasteiger partial charge in [-0.05, 0) is 17.5 Å². The lowest BCUT2D eigenvalue weighted by Gasteiger charge is -2.12. The van der Waals surface area contributed by atoms with Crippen LogP contribution in [0.3, 0.4) is 0 Å². The number of carbonyl (C=O) groups excluding carboxylic acids is 1. The molecular formula is C10H9BrO2. The molecule has 0 spiro atoms. The van der Waals surface area contributed by atoms with Crippen LogP contribution < -0.4 is 0 Å². The van der Waals surface area contributed by atoms with E-state index in [2.05, 4.69) is 22.0 Å². The number of halogens is 1. The van der Waals surface area contributed by atoms with E-state index in [0.717, 1.165) is 12.0 Å². The number of carbonyl (C=O) groups is 1. The monoisotopic (exact) mass is 240 g/mol. The van der Waals surface area contributed by atoms with Crippen LogP contribution in [0.2, 0.25) is 0 Å². The van der Waals surface area contributed by atoms with Crippen molar-refractivity contribution in [2.75, 3.05) is 0 Å². The first-order valence-electron chi connectivity index (χ1n) is 4.14. The zero-order valence-corrected chi connectivity index (χ0v) is 8.53. The van der Waals surface area contributed by atoms with Crippen molar-refractivity contribution in [1.29, 1.82) is 0 Å². The van der Waals surface area contributed by atoms with E-state index in [-0.39, 0.29) is 10.9 Å². The fourth-order valence-corrected chi connectivity index (χ4v) is 2.49. The Morgan fingerprint density at radius 3 is 3.00 bits per heavy atom. The third-order valence-corrected chi connectivity index (χ3v) is 3.11. The van der Waals surface area contributed by atoms with Gasteiger partial charge in [-0.2, -0.15) is 0 Å². The van der Waals surface area contributed by atoms with Crippen molar-refractivity contribution in [2.24, 2.45) is 0 Å². The van der Waals surface area contributed by atoms with Crippen molar-refractivity contribution in [2.45, 2.75) is 17.4 Å². The van der Waals surface area contributed by atoms with Gasteiger partial charge in [-0.15, -0.1) is 0 Å². The smallest absolute Gasteiger partial charge is 0.293 e. The minimum Gasteiger partial charge on any atom is -0.458 e. The fraction of sp³-hybridized carbons (Fsp3) is 0.300. The molecule has 1 aliphatic rings. The molecule has 13 heavy (non-hydrogen) atoms. The average Bonchev–Trinajstić information content (AvgIpc) is 2.44. The maximum atomic E-state index is 10.3. The number of ether oxygens (including phenoxy) is 1. The third-order valence-electron chi connectivity index (χ3n) is 2.31. The van der Waals surface area contributed by atoms with E-state index in [4.69, 9.17) is 4.74 Å². The topological polar surface area (TPSA) is 26.3 Å². The first kappa shape index (κ1) is 8.75. The number of rotatable bonds is 2. The summed E-state index contributed by atoms with van der Waals surface area (Å²) in [4.78, 5) is 10.5. The zero-order valence-electron chi connectivity index (χ0n) is 6.94. The molecule has 3 heteroatoms. The van der Waals surface area contributed by atoms with Crippen LogP contribution in [0.4, 0.5) is 0 Å². The van der Waals surface area contributed by atoms with Gasteiger partial charge in [0, 0.05) is 0 Å². The van der Waals surface area contributed by atoms with E-state index < -0.39 is 0 Å². The molecule has 0 amide bonds. The van der Waals surface area contributed by atoms with E-state index >= 15 is 0 Å². The molecule has 0 fully saturated rings. The molecule has 0 aromatic heterocycles. The second-order valence-corrected chi connectivity index (χ2v) is 4.25. The number of alkyl halides is 1. The standard InChI is InChI=1S/C10H9BrO2/c11-9-5-7-3-1-2-4-8(7)10(9)13-6-12/h1-4,6,9-10H,5H2. The van der Waals surface area contributed by atoms with Gasteiger partial charge >= 0.3 is 0 Å². The molecule has 0 N–H and O–H groups in total. The molecule has 0 saturated carbocycles. The maximum Gasteiger partial charge on any atom is 0.293 e. The number of benzene rings is 1. The van der Waals surface area contributed by atoms with E-state index in [1.54, 1.807) is 0 Å². The number of hydrogen-bond donors (Lipinski definition) is 0. The molecule has 0 heterocycles. The highest BCUT2D eigenvalue weighted by Gasteiger charge is 2.31. The summed E-state index contributed by atoms with van der Waals surface area (Å²) in [5.41, 5.74) is 2.38. The Morgan fingerprint density at radius 2 is 2.23 bits per heavy atom. The Morgan fingerprint density at radius 1 is 1.46 bits per heavy atom. The van der Waals surface area contributed by atoms with Crippen molar-refractivity contribution in [3.63, 3.8) is 0 Å². The van der Waals surface area contributed by atoms with Gasteiger partial charge in [-0.3, -0.25) is 4.79 Å². The van der Waals surface area contributed by atoms with E-state index in [1.807, 2.05) is 18.2 Å². The molecule has 2 unspecified atom stereocenters. The van der Waals surface area contributed by atoms with Crippen LogP contribution >= 0.6 is 15.9 Å². The van der Waals surface area contributed by atoms with Crippen LogP contribution in [0, 0.1) is 0 Å². The maximum absolute atomic E-state index is 10.3. The lowest BCUT2D eigenvalue weighted by molar-refractivity contribution is -0.133. The molecule has 2 rings (SSSR count). The summed E-state index contributed by atoms with van der Waals surface area (Å²) in [7, 11) is 0. The van der Waals surface area contributed by atoms with Crippen LogP contribution in [-0.2, 0) is 16.0 Å². The number of hydrogen-bond acceptors (Lipinski definition) is 2. The van der Waals surface area contributed by atoms with E-state index in [9.17, 15) is 4.79 Å². The lowest BCUT2D eigenvalue weighted by atomic mass is 10.1. The van der Waals surface area contributed by atoms with Gasteiger partial charge in [0.1, 0.15) is 6.10 Å². The molecule has 1 aromatic carbocycles. The molecule has 0 saturated heterocycles. The van der Waals surface area contributed by atoms with Crippen molar-refractivity contribution in [3.8, 4) is 0 Å². The van der Waals surface area contributed by atoms with Gasteiger partial charge in [0.15, 0.2) is 0 Å². The Kier molecular flexibility index (Phi) is 2.36. The van der Waals surface area contributed by atoms with Gasteiger partial charge in [0.25, 0.3) is 6.47 Å². The molecule has 0 aliphatic heterocycles. The van der Waals surface area contributed by atoms with Crippen LogP contribution in [0.25, 0.3) is 0 Å². The Balaban J connectivity index is 2.34. The highest BCUT2D eigenvalue weighted by Crippen LogP contribution is 2.37. The molecule has 68 valence electrons. The van der Waals surface area contributed by atoms with Gasteiger partial charge < -0.3 is 4.74 Å². The lowest BCUT2D eigenvalue weighted by Crippen LogP contribution is -2.09. The summed E-state index contributed by atoms with van der Waals surface area (Å²) >= 11 is 3.50. The first-order valence-corrected chi connectivity index (χ1v) is 5.05. The number of fused-ring (bicyclic) bond motifs is 1. The molecule has 1 aromatic rings. The second-order valence-electron chi connectivity index (χ2n) is 3.07. The molecule has 1 aliphatic carbocycles. The summed E-state index contributed by atoms with van der Waals surface area (Å²) in [6.45, 7) is 0.515. The van der Waals surface area contributed by atoms with Crippen LogP contribution in [0.1, 0.15) is 17.2 Å². The van der Waals surface area contributed by atoms with E-state index in [0.29, 0.717) is 6.47 Å². The van der Waals surface area contributed by atoms with Crippen LogP contribution in [-0.4, -0.2) is 11.3 Å². The molecule has 0 bridgehead atoms. The van der Waals surface area contributed by atoms with Crippen LogP contribution in [0.5, 0.6) is 0 Å². The van der Waals surface area contributed by atoms with E-state index in [1.165, 1.54) is 5.56 Å². The van der Waals surface area contributed by atoms with Crippen molar-refractivity contribution < 1.29 is 9.53 Å². The Labute approximate surface area is 85.0 Å². The van der Waals surface area contributed by atoms with Gasteiger partial charge in [0.05, 0.1) is 4.83 Å². The molecule has 2 atom stereocenters. The second kappa shape index (κ2) is 3.50. The van der Waals surface area contributed by atoms with Gasteiger partial charge in [0.2, 0.25) is 0 Å². The van der Waals surface area contributed by atoms with Gasteiger partial charge in [-0.25, -0.2) is 0 Å². The molecular weight excluding hydrogens is 232 g/mol. The summed E-state index contributed by atoms with van der Waals surface area (Å²) in [6, 6.07) is 8.04. The average molecular weight is 241 g/mol. The summed E-state index contributed by atoms with van der Waals surface area (Å²) < 4.78 is 5.01. The minimum absolute atomic E-state index is 0.117. The largest absolute Gasteiger partial charge is 0.458 e. The van der Waals surface area contributed by atoms with Crippen LogP contribution in [0.15, 0.2) is 24.3 Å². The predicted molar refractivity (Wildman–Crippen MR) is 52.8 cm³/mol. The molecule has 0 radical (unpaired) electrons. The first-order chi connectivity index (χ1) is 6.33. The zero-order chi connectivity index (χ0) is 9.26. The fourth-order valence-electron chi connectivity index (χ4n) is 1.73. The van der Waals surface area contributed by atoms with Crippen molar-refractivity contribution in [3.05, 3.63) is 35.4 Å².